The van der Waals surface area contributed by atoms with E-state index in [1.807, 2.05) is 48.5 Å². The summed E-state index contributed by atoms with van der Waals surface area (Å²) in [7, 11) is 3.17. The third kappa shape index (κ3) is 4.31. The fourth-order valence-corrected chi connectivity index (χ4v) is 2.91. The third-order valence-corrected chi connectivity index (χ3v) is 4.44. The van der Waals surface area contributed by atoms with Gasteiger partial charge < -0.3 is 19.5 Å². The van der Waals surface area contributed by atoms with Gasteiger partial charge in [0.2, 0.25) is 5.91 Å². The third-order valence-electron chi connectivity index (χ3n) is 4.44. The van der Waals surface area contributed by atoms with Crippen molar-refractivity contribution in [3.8, 4) is 11.5 Å². The highest BCUT2D eigenvalue weighted by atomic mass is 16.6. The smallest absolute Gasteiger partial charge is 0.410 e. The predicted molar refractivity (Wildman–Crippen MR) is 98.5 cm³/mol. The van der Waals surface area contributed by atoms with Crippen LogP contribution in [0.5, 0.6) is 11.5 Å². The summed E-state index contributed by atoms with van der Waals surface area (Å²) in [5.41, 5.74) is 1.75. The Bertz CT molecular complexity index is 806. The number of hydrogen-bond donors (Lipinski definition) is 1. The Hall–Kier alpha value is -3.22. The first kappa shape index (κ1) is 18.6. The summed E-state index contributed by atoms with van der Waals surface area (Å²) >= 11 is 0. The van der Waals surface area contributed by atoms with Crippen LogP contribution in [0.2, 0.25) is 0 Å². The van der Waals surface area contributed by atoms with Gasteiger partial charge in [0.1, 0.15) is 24.1 Å². The van der Waals surface area contributed by atoms with Gasteiger partial charge in [-0.2, -0.15) is 0 Å². The average molecular weight is 370 g/mol. The molecule has 142 valence electrons. The maximum Gasteiger partial charge on any atom is 0.410 e. The number of hydrogen-bond acceptors (Lipinski definition) is 5. The molecule has 2 aromatic carbocycles. The first-order valence-corrected chi connectivity index (χ1v) is 8.58. The maximum absolute atomic E-state index is 12.6. The van der Waals surface area contributed by atoms with Crippen LogP contribution in [0.25, 0.3) is 0 Å². The van der Waals surface area contributed by atoms with Crippen molar-refractivity contribution < 1.29 is 23.8 Å². The van der Waals surface area contributed by atoms with Gasteiger partial charge in [-0.15, -0.1) is 0 Å². The number of cyclic esters (lactones) is 1. The summed E-state index contributed by atoms with van der Waals surface area (Å²) < 4.78 is 15.5. The molecule has 7 heteroatoms. The molecule has 1 heterocycles. The van der Waals surface area contributed by atoms with E-state index in [1.165, 1.54) is 4.90 Å². The van der Waals surface area contributed by atoms with Gasteiger partial charge in [0.05, 0.1) is 20.8 Å². The van der Waals surface area contributed by atoms with Crippen molar-refractivity contribution >= 4 is 12.0 Å². The van der Waals surface area contributed by atoms with E-state index in [0.717, 1.165) is 16.9 Å². The minimum absolute atomic E-state index is 0.0302. The number of carbonyl (C=O) groups excluding carboxylic acids is 2. The van der Waals surface area contributed by atoms with E-state index in [1.54, 1.807) is 14.2 Å². The second-order valence-corrected chi connectivity index (χ2v) is 6.10. The molecule has 0 spiro atoms. The van der Waals surface area contributed by atoms with Crippen molar-refractivity contribution in [1.29, 1.82) is 0 Å². The lowest BCUT2D eigenvalue weighted by molar-refractivity contribution is -0.125. The van der Waals surface area contributed by atoms with Crippen LogP contribution >= 0.6 is 0 Å². The maximum atomic E-state index is 12.6. The quantitative estimate of drug-likeness (QED) is 0.810. The second-order valence-electron chi connectivity index (χ2n) is 6.10. The average Bonchev–Trinajstić information content (AvgIpc) is 3.07. The summed E-state index contributed by atoms with van der Waals surface area (Å²) in [6.07, 6.45) is -0.509. The molecule has 3 rings (SSSR count). The van der Waals surface area contributed by atoms with Crippen LogP contribution in [0.4, 0.5) is 4.79 Å². The molecule has 0 unspecified atom stereocenters. The molecule has 1 atom stereocenters. The van der Waals surface area contributed by atoms with Crippen molar-refractivity contribution in [2.24, 2.45) is 0 Å². The van der Waals surface area contributed by atoms with Crippen LogP contribution in [-0.4, -0.2) is 43.8 Å². The highest BCUT2D eigenvalue weighted by Crippen LogP contribution is 2.23. The summed E-state index contributed by atoms with van der Waals surface area (Å²) in [5, 5.41) is 2.86. The highest BCUT2D eigenvalue weighted by Gasteiger charge is 2.38. The molecule has 1 saturated heterocycles. The van der Waals surface area contributed by atoms with Crippen LogP contribution in [-0.2, 0) is 22.6 Å². The van der Waals surface area contributed by atoms with E-state index < -0.39 is 12.1 Å². The number of nitrogens with one attached hydrogen (secondary N) is 1. The van der Waals surface area contributed by atoms with Gasteiger partial charge in [-0.05, 0) is 23.8 Å². The van der Waals surface area contributed by atoms with Gasteiger partial charge >= 0.3 is 6.09 Å². The standard InChI is InChI=1S/C20H22N2O5/c1-25-16-9-7-14(8-10-16)11-21-19(23)17-13-27-20(24)22(17)12-15-5-3-4-6-18(15)26-2/h3-10,17H,11-13H2,1-2H3,(H,21,23)/t17-/m0/s1. The zero-order chi connectivity index (χ0) is 19.2. The molecule has 0 bridgehead atoms. The zero-order valence-corrected chi connectivity index (χ0v) is 15.3. The molecule has 1 aliphatic rings. The Morgan fingerprint density at radius 1 is 1.15 bits per heavy atom. The minimum Gasteiger partial charge on any atom is -0.497 e. The van der Waals surface area contributed by atoms with E-state index in [4.69, 9.17) is 14.2 Å². The van der Waals surface area contributed by atoms with Crippen molar-refractivity contribution in [2.45, 2.75) is 19.1 Å². The van der Waals surface area contributed by atoms with Gasteiger partial charge in [0.15, 0.2) is 0 Å². The summed E-state index contributed by atoms with van der Waals surface area (Å²) in [6.45, 7) is 0.627. The zero-order valence-electron chi connectivity index (χ0n) is 15.3. The van der Waals surface area contributed by atoms with E-state index in [-0.39, 0.29) is 19.1 Å². The number of amides is 2. The van der Waals surface area contributed by atoms with Crippen molar-refractivity contribution in [2.75, 3.05) is 20.8 Å². The van der Waals surface area contributed by atoms with Gasteiger partial charge in [-0.3, -0.25) is 9.69 Å². The molecule has 27 heavy (non-hydrogen) atoms. The minimum atomic E-state index is -0.680. The number of nitrogens with zero attached hydrogens (tertiary/aromatic N) is 1. The molecule has 0 aliphatic carbocycles. The Balaban J connectivity index is 1.64. The summed E-state index contributed by atoms with van der Waals surface area (Å²) in [5.74, 6) is 1.16. The lowest BCUT2D eigenvalue weighted by Gasteiger charge is -2.21. The number of methoxy groups -OCH3 is 2. The Morgan fingerprint density at radius 2 is 1.89 bits per heavy atom. The van der Waals surface area contributed by atoms with Gasteiger partial charge in [-0.25, -0.2) is 4.79 Å². The molecular weight excluding hydrogens is 348 g/mol. The molecule has 1 fully saturated rings. The van der Waals surface area contributed by atoms with E-state index in [9.17, 15) is 9.59 Å². The van der Waals surface area contributed by atoms with Crippen molar-refractivity contribution in [3.63, 3.8) is 0 Å². The molecule has 0 radical (unpaired) electrons. The van der Waals surface area contributed by atoms with Gasteiger partial charge in [-0.1, -0.05) is 30.3 Å². The lowest BCUT2D eigenvalue weighted by Crippen LogP contribution is -2.45. The normalized spacial score (nSPS) is 16.0. The van der Waals surface area contributed by atoms with E-state index in [2.05, 4.69) is 5.32 Å². The number of para-hydroxylation sites is 1. The molecular formula is C20H22N2O5. The van der Waals surface area contributed by atoms with Gasteiger partial charge in [0.25, 0.3) is 0 Å². The highest BCUT2D eigenvalue weighted by molar-refractivity contribution is 5.87. The molecule has 7 nitrogen and oxygen atoms in total. The van der Waals surface area contributed by atoms with Crippen LogP contribution in [0.3, 0.4) is 0 Å². The predicted octanol–water partition coefficient (Wildman–Crippen LogP) is 2.34. The van der Waals surface area contributed by atoms with Crippen molar-refractivity contribution in [1.82, 2.24) is 10.2 Å². The molecule has 1 aliphatic heterocycles. The lowest BCUT2D eigenvalue weighted by atomic mass is 10.1. The SMILES string of the molecule is COc1ccc(CNC(=O)[C@@H]2COC(=O)N2Cc2ccccc2OC)cc1. The molecule has 2 amide bonds. The van der Waals surface area contributed by atoms with Crippen LogP contribution in [0, 0.1) is 0 Å². The number of rotatable bonds is 7. The van der Waals surface area contributed by atoms with Crippen LogP contribution in [0.1, 0.15) is 11.1 Å². The van der Waals surface area contributed by atoms with Gasteiger partial charge in [0, 0.05) is 12.1 Å². The Morgan fingerprint density at radius 3 is 2.59 bits per heavy atom. The number of carbonyl (C=O) groups is 2. The summed E-state index contributed by atoms with van der Waals surface area (Å²) in [4.78, 5) is 26.1. The van der Waals surface area contributed by atoms with Crippen LogP contribution in [0.15, 0.2) is 48.5 Å². The fraction of sp³-hybridized carbons (Fsp3) is 0.300. The first-order valence-electron chi connectivity index (χ1n) is 8.58. The monoisotopic (exact) mass is 370 g/mol. The molecule has 0 saturated carbocycles. The topological polar surface area (TPSA) is 77.1 Å². The fourth-order valence-electron chi connectivity index (χ4n) is 2.91. The molecule has 0 aromatic heterocycles. The first-order chi connectivity index (χ1) is 13.1. The van der Waals surface area contributed by atoms with E-state index in [0.29, 0.717) is 12.3 Å². The number of ether oxygens (including phenoxy) is 3. The second kappa shape index (κ2) is 8.44. The Kier molecular flexibility index (Phi) is 5.80. The van der Waals surface area contributed by atoms with E-state index >= 15 is 0 Å². The Labute approximate surface area is 157 Å². The molecule has 1 N–H and O–H groups in total. The number of benzene rings is 2. The summed E-state index contributed by atoms with van der Waals surface area (Å²) in [6, 6.07) is 14.1. The van der Waals surface area contributed by atoms with Crippen molar-refractivity contribution in [3.05, 3.63) is 59.7 Å². The molecule has 2 aromatic rings. The van der Waals surface area contributed by atoms with Crippen LogP contribution < -0.4 is 14.8 Å². The largest absolute Gasteiger partial charge is 0.497 e.